The van der Waals surface area contributed by atoms with Gasteiger partial charge in [-0.3, -0.25) is 0 Å². The van der Waals surface area contributed by atoms with Crippen LogP contribution in [0.4, 0.5) is 0 Å². The third-order valence-corrected chi connectivity index (χ3v) is 7.31. The minimum atomic E-state index is 0.540. The molecule has 3 aromatic rings. The molecule has 0 aliphatic heterocycles. The first-order valence-corrected chi connectivity index (χ1v) is 12.6. The Bertz CT molecular complexity index is 955. The summed E-state index contributed by atoms with van der Waals surface area (Å²) in [6.45, 7) is 4.63. The number of hydrogen-bond donors (Lipinski definition) is 0. The highest BCUT2D eigenvalue weighted by Crippen LogP contribution is 2.37. The lowest BCUT2D eigenvalue weighted by Gasteiger charge is -2.28. The standard InChI is InChI=1S/C32H38/c1-3-7-26-16-20-31(21-17-26)32-22-18-28(19-23-32)11-10-27-12-14-29(15-13-27)24-25(2)30-8-5-4-6-9-30/h4-6,8-15,18-19,22-23,25-26,31H,3,7,16-17,20-21,24H2,1-2H3/b11-10+. The maximum atomic E-state index is 2.36. The van der Waals surface area contributed by atoms with E-state index >= 15 is 0 Å². The summed E-state index contributed by atoms with van der Waals surface area (Å²) >= 11 is 0. The molecule has 3 aromatic carbocycles. The Morgan fingerprint density at radius 3 is 1.94 bits per heavy atom. The van der Waals surface area contributed by atoms with E-state index in [4.69, 9.17) is 0 Å². The molecular weight excluding hydrogens is 384 g/mol. The van der Waals surface area contributed by atoms with E-state index in [9.17, 15) is 0 Å². The van der Waals surface area contributed by atoms with Crippen molar-refractivity contribution in [3.05, 3.63) is 107 Å². The minimum Gasteiger partial charge on any atom is -0.0654 e. The van der Waals surface area contributed by atoms with Gasteiger partial charge in [-0.2, -0.15) is 0 Å². The van der Waals surface area contributed by atoms with Gasteiger partial charge in [0.25, 0.3) is 0 Å². The van der Waals surface area contributed by atoms with E-state index < -0.39 is 0 Å². The van der Waals surface area contributed by atoms with E-state index in [2.05, 4.69) is 105 Å². The third kappa shape index (κ3) is 6.22. The van der Waals surface area contributed by atoms with Gasteiger partial charge in [-0.1, -0.05) is 118 Å². The molecule has 0 spiro atoms. The molecule has 0 radical (unpaired) electrons. The van der Waals surface area contributed by atoms with Crippen molar-refractivity contribution in [2.75, 3.05) is 0 Å². The molecule has 0 bridgehead atoms. The lowest BCUT2D eigenvalue weighted by molar-refractivity contribution is 0.308. The smallest absolute Gasteiger partial charge is 0.0150 e. The SMILES string of the molecule is CCCC1CCC(c2ccc(/C=C/c3ccc(CC(C)c4ccccc4)cc3)cc2)CC1. The quantitative estimate of drug-likeness (QED) is 0.317. The average molecular weight is 423 g/mol. The monoisotopic (exact) mass is 422 g/mol. The van der Waals surface area contributed by atoms with Crippen molar-refractivity contribution >= 4 is 12.2 Å². The molecule has 0 N–H and O–H groups in total. The molecule has 1 aliphatic carbocycles. The van der Waals surface area contributed by atoms with Crippen molar-refractivity contribution in [2.45, 2.75) is 70.6 Å². The van der Waals surface area contributed by atoms with Crippen LogP contribution in [-0.2, 0) is 6.42 Å². The van der Waals surface area contributed by atoms with Crippen LogP contribution in [0, 0.1) is 5.92 Å². The molecule has 0 heterocycles. The van der Waals surface area contributed by atoms with Crippen LogP contribution in [0.2, 0.25) is 0 Å². The van der Waals surface area contributed by atoms with Gasteiger partial charge >= 0.3 is 0 Å². The Balaban J connectivity index is 1.30. The van der Waals surface area contributed by atoms with Gasteiger partial charge in [0.1, 0.15) is 0 Å². The molecule has 1 fully saturated rings. The first kappa shape index (κ1) is 22.6. The first-order chi connectivity index (χ1) is 15.7. The fourth-order valence-electron chi connectivity index (χ4n) is 5.28. The zero-order chi connectivity index (χ0) is 22.2. The number of benzene rings is 3. The second-order valence-electron chi connectivity index (χ2n) is 9.76. The molecule has 166 valence electrons. The summed E-state index contributed by atoms with van der Waals surface area (Å²) in [5.74, 6) is 2.29. The molecule has 0 saturated heterocycles. The largest absolute Gasteiger partial charge is 0.0654 e. The first-order valence-electron chi connectivity index (χ1n) is 12.6. The Morgan fingerprint density at radius 2 is 1.34 bits per heavy atom. The molecule has 0 amide bonds. The van der Waals surface area contributed by atoms with Crippen molar-refractivity contribution in [1.82, 2.24) is 0 Å². The zero-order valence-electron chi connectivity index (χ0n) is 19.8. The summed E-state index contributed by atoms with van der Waals surface area (Å²) in [6.07, 6.45) is 13.9. The third-order valence-electron chi connectivity index (χ3n) is 7.31. The predicted molar refractivity (Wildman–Crippen MR) is 140 cm³/mol. The highest BCUT2D eigenvalue weighted by molar-refractivity contribution is 5.69. The van der Waals surface area contributed by atoms with E-state index in [1.54, 1.807) is 0 Å². The highest BCUT2D eigenvalue weighted by Gasteiger charge is 2.21. The summed E-state index contributed by atoms with van der Waals surface area (Å²) in [5, 5.41) is 0. The van der Waals surface area contributed by atoms with Crippen LogP contribution in [-0.4, -0.2) is 0 Å². The minimum absolute atomic E-state index is 0.540. The van der Waals surface area contributed by atoms with Gasteiger partial charge in [0.2, 0.25) is 0 Å². The summed E-state index contributed by atoms with van der Waals surface area (Å²) in [7, 11) is 0. The Kier molecular flexibility index (Phi) is 7.99. The van der Waals surface area contributed by atoms with Crippen LogP contribution in [0.25, 0.3) is 12.2 Å². The van der Waals surface area contributed by atoms with E-state index in [0.29, 0.717) is 5.92 Å². The maximum Gasteiger partial charge on any atom is -0.0150 e. The molecule has 1 unspecified atom stereocenters. The Morgan fingerprint density at radius 1 is 0.750 bits per heavy atom. The van der Waals surface area contributed by atoms with Gasteiger partial charge in [-0.15, -0.1) is 0 Å². The molecule has 0 aromatic heterocycles. The van der Waals surface area contributed by atoms with Gasteiger partial charge in [0.05, 0.1) is 0 Å². The topological polar surface area (TPSA) is 0 Å². The highest BCUT2D eigenvalue weighted by atomic mass is 14.3. The Labute approximate surface area is 195 Å². The van der Waals surface area contributed by atoms with Crippen molar-refractivity contribution < 1.29 is 0 Å². The molecule has 1 saturated carbocycles. The summed E-state index contributed by atoms with van der Waals surface area (Å²) in [4.78, 5) is 0. The molecule has 32 heavy (non-hydrogen) atoms. The second-order valence-corrected chi connectivity index (χ2v) is 9.76. The van der Waals surface area contributed by atoms with Crippen LogP contribution >= 0.6 is 0 Å². The lowest BCUT2D eigenvalue weighted by Crippen LogP contribution is -2.13. The fraction of sp³-hybridized carbons (Fsp3) is 0.375. The average Bonchev–Trinajstić information content (AvgIpc) is 2.85. The van der Waals surface area contributed by atoms with Gasteiger partial charge in [-0.05, 0) is 77.7 Å². The van der Waals surface area contributed by atoms with Gasteiger partial charge in [-0.25, -0.2) is 0 Å². The van der Waals surface area contributed by atoms with Crippen LogP contribution in [0.1, 0.15) is 92.0 Å². The van der Waals surface area contributed by atoms with E-state index in [1.165, 1.54) is 66.3 Å². The summed E-state index contributed by atoms with van der Waals surface area (Å²) in [5.41, 5.74) is 6.90. The predicted octanol–water partition coefficient (Wildman–Crippen LogP) is 9.28. The summed E-state index contributed by atoms with van der Waals surface area (Å²) in [6, 6.07) is 29.1. The van der Waals surface area contributed by atoms with Crippen LogP contribution < -0.4 is 0 Å². The lowest BCUT2D eigenvalue weighted by atomic mass is 9.77. The molecular formula is C32H38. The maximum absolute atomic E-state index is 2.36. The van der Waals surface area contributed by atoms with Crippen molar-refractivity contribution in [1.29, 1.82) is 0 Å². The number of rotatable bonds is 8. The summed E-state index contributed by atoms with van der Waals surface area (Å²) < 4.78 is 0. The second kappa shape index (κ2) is 11.3. The molecule has 0 heteroatoms. The number of hydrogen-bond acceptors (Lipinski definition) is 0. The Hall–Kier alpha value is -2.60. The molecule has 1 aliphatic rings. The van der Waals surface area contributed by atoms with Gasteiger partial charge in [0.15, 0.2) is 0 Å². The fourth-order valence-corrected chi connectivity index (χ4v) is 5.28. The molecule has 1 atom stereocenters. The van der Waals surface area contributed by atoms with Crippen LogP contribution in [0.15, 0.2) is 78.9 Å². The van der Waals surface area contributed by atoms with E-state index in [-0.39, 0.29) is 0 Å². The molecule has 0 nitrogen and oxygen atoms in total. The normalized spacial score (nSPS) is 19.8. The van der Waals surface area contributed by atoms with Gasteiger partial charge in [0, 0.05) is 0 Å². The van der Waals surface area contributed by atoms with Crippen molar-refractivity contribution in [2.24, 2.45) is 5.92 Å². The van der Waals surface area contributed by atoms with Crippen LogP contribution in [0.3, 0.4) is 0 Å². The van der Waals surface area contributed by atoms with E-state index in [1.807, 2.05) is 0 Å². The van der Waals surface area contributed by atoms with Crippen molar-refractivity contribution in [3.63, 3.8) is 0 Å². The molecule has 4 rings (SSSR count). The van der Waals surface area contributed by atoms with E-state index in [0.717, 1.165) is 18.3 Å². The van der Waals surface area contributed by atoms with Crippen LogP contribution in [0.5, 0.6) is 0 Å². The van der Waals surface area contributed by atoms with Crippen molar-refractivity contribution in [3.8, 4) is 0 Å². The van der Waals surface area contributed by atoms with Gasteiger partial charge < -0.3 is 0 Å². The zero-order valence-corrected chi connectivity index (χ0v) is 19.8.